The molecule has 31 heavy (non-hydrogen) atoms. The molecule has 0 saturated heterocycles. The van der Waals surface area contributed by atoms with Gasteiger partial charge < -0.3 is 9.26 Å². The van der Waals surface area contributed by atoms with E-state index in [9.17, 15) is 0 Å². The molecule has 5 aromatic rings. The second-order valence-corrected chi connectivity index (χ2v) is 7.19. The van der Waals surface area contributed by atoms with Crippen molar-refractivity contribution >= 4 is 10.9 Å². The van der Waals surface area contributed by atoms with E-state index in [0.29, 0.717) is 29.2 Å². The molecule has 5 rings (SSSR count). The lowest BCUT2D eigenvalue weighted by atomic mass is 10.1. The lowest BCUT2D eigenvalue weighted by Gasteiger charge is -2.05. The van der Waals surface area contributed by atoms with E-state index in [2.05, 4.69) is 30.2 Å². The van der Waals surface area contributed by atoms with Crippen LogP contribution in [0.25, 0.3) is 39.8 Å². The van der Waals surface area contributed by atoms with Gasteiger partial charge in [0, 0.05) is 34.1 Å². The number of aryl methyl sites for hydroxylation is 3. The van der Waals surface area contributed by atoms with Gasteiger partial charge in [-0.15, -0.1) is 0 Å². The average Bonchev–Trinajstić information content (AvgIpc) is 3.39. The number of para-hydroxylation sites is 1. The minimum Gasteiger partial charge on any atom is -0.481 e. The SMILES string of the molecule is COc1cc(-c2noc(-c3cc(C)n(-c4nc(C)cc(C)n4)n3)n2)c2ccccc2n1. The summed E-state index contributed by atoms with van der Waals surface area (Å²) >= 11 is 0. The summed E-state index contributed by atoms with van der Waals surface area (Å²) < 4.78 is 12.5. The van der Waals surface area contributed by atoms with E-state index in [1.54, 1.807) is 17.9 Å². The van der Waals surface area contributed by atoms with Crippen LogP contribution in [0.2, 0.25) is 0 Å². The van der Waals surface area contributed by atoms with Gasteiger partial charge in [0.15, 0.2) is 5.69 Å². The minimum atomic E-state index is 0.307. The summed E-state index contributed by atoms with van der Waals surface area (Å²) in [6.07, 6.45) is 0. The molecule has 0 fully saturated rings. The maximum absolute atomic E-state index is 5.54. The van der Waals surface area contributed by atoms with Crippen LogP contribution >= 0.6 is 0 Å². The third-order valence-corrected chi connectivity index (χ3v) is 4.84. The number of nitrogens with zero attached hydrogens (tertiary/aromatic N) is 7. The van der Waals surface area contributed by atoms with E-state index in [-0.39, 0.29) is 0 Å². The Kier molecular flexibility index (Phi) is 4.43. The molecule has 0 amide bonds. The number of methoxy groups -OCH3 is 1. The van der Waals surface area contributed by atoms with Crippen LogP contribution in [0, 0.1) is 20.8 Å². The van der Waals surface area contributed by atoms with Crippen molar-refractivity contribution < 1.29 is 9.26 Å². The Bertz CT molecular complexity index is 1400. The second kappa shape index (κ2) is 7.28. The summed E-state index contributed by atoms with van der Waals surface area (Å²) in [5.41, 5.74) is 4.71. The first-order chi connectivity index (χ1) is 15.0. The third kappa shape index (κ3) is 3.39. The van der Waals surface area contributed by atoms with Crippen LogP contribution in [0.5, 0.6) is 5.88 Å². The second-order valence-electron chi connectivity index (χ2n) is 7.19. The lowest BCUT2D eigenvalue weighted by Crippen LogP contribution is -2.06. The first-order valence-corrected chi connectivity index (χ1v) is 9.69. The van der Waals surface area contributed by atoms with Gasteiger partial charge in [0.05, 0.1) is 12.6 Å². The van der Waals surface area contributed by atoms with Crippen LogP contribution in [0.4, 0.5) is 0 Å². The van der Waals surface area contributed by atoms with E-state index in [1.807, 2.05) is 57.2 Å². The standard InChI is InChI=1S/C22H19N7O2/c1-12-9-13(2)24-22(23-12)29-14(3)10-18(27-29)21-26-20(28-31-21)16-11-19(30-4)25-17-8-6-5-7-15(16)17/h5-11H,1-4H3. The summed E-state index contributed by atoms with van der Waals surface area (Å²) in [6, 6.07) is 13.3. The van der Waals surface area contributed by atoms with Crippen molar-refractivity contribution in [3.63, 3.8) is 0 Å². The number of pyridine rings is 1. The van der Waals surface area contributed by atoms with E-state index in [0.717, 1.165) is 33.5 Å². The highest BCUT2D eigenvalue weighted by Crippen LogP contribution is 2.30. The van der Waals surface area contributed by atoms with Crippen LogP contribution in [0.1, 0.15) is 17.1 Å². The van der Waals surface area contributed by atoms with Crippen LogP contribution in [0.15, 0.2) is 47.0 Å². The number of rotatable bonds is 4. The molecule has 0 aliphatic carbocycles. The summed E-state index contributed by atoms with van der Waals surface area (Å²) in [5.74, 6) is 1.72. The highest BCUT2D eigenvalue weighted by atomic mass is 16.5. The van der Waals surface area contributed by atoms with Gasteiger partial charge in [-0.1, -0.05) is 23.4 Å². The highest BCUT2D eigenvalue weighted by molar-refractivity contribution is 5.93. The predicted octanol–water partition coefficient (Wildman–Crippen LogP) is 3.86. The van der Waals surface area contributed by atoms with Crippen molar-refractivity contribution in [2.45, 2.75) is 20.8 Å². The molecule has 0 atom stereocenters. The number of fused-ring (bicyclic) bond motifs is 1. The molecular formula is C22H19N7O2. The van der Waals surface area contributed by atoms with Gasteiger partial charge in [-0.2, -0.15) is 10.1 Å². The van der Waals surface area contributed by atoms with E-state index in [1.165, 1.54) is 0 Å². The van der Waals surface area contributed by atoms with Crippen molar-refractivity contribution in [1.29, 1.82) is 0 Å². The Morgan fingerprint density at radius 1 is 0.903 bits per heavy atom. The Morgan fingerprint density at radius 2 is 1.68 bits per heavy atom. The Morgan fingerprint density at radius 3 is 2.45 bits per heavy atom. The van der Waals surface area contributed by atoms with E-state index >= 15 is 0 Å². The molecule has 9 nitrogen and oxygen atoms in total. The Labute approximate surface area is 177 Å². The summed E-state index contributed by atoms with van der Waals surface area (Å²) in [5, 5.41) is 9.68. The van der Waals surface area contributed by atoms with Crippen LogP contribution in [0.3, 0.4) is 0 Å². The van der Waals surface area contributed by atoms with Gasteiger partial charge in [-0.05, 0) is 39.0 Å². The zero-order valence-electron chi connectivity index (χ0n) is 17.5. The normalized spacial score (nSPS) is 11.2. The number of benzene rings is 1. The predicted molar refractivity (Wildman–Crippen MR) is 114 cm³/mol. The maximum atomic E-state index is 5.54. The molecule has 0 bridgehead atoms. The molecule has 0 radical (unpaired) electrons. The zero-order valence-corrected chi connectivity index (χ0v) is 17.5. The molecule has 1 aromatic carbocycles. The first kappa shape index (κ1) is 18.9. The van der Waals surface area contributed by atoms with E-state index < -0.39 is 0 Å². The van der Waals surface area contributed by atoms with Crippen LogP contribution in [-0.2, 0) is 0 Å². The smallest absolute Gasteiger partial charge is 0.278 e. The van der Waals surface area contributed by atoms with Crippen molar-refractivity contribution in [2.75, 3.05) is 7.11 Å². The van der Waals surface area contributed by atoms with E-state index in [4.69, 9.17) is 9.26 Å². The van der Waals surface area contributed by atoms with Gasteiger partial charge >= 0.3 is 0 Å². The average molecular weight is 413 g/mol. The van der Waals surface area contributed by atoms with Crippen LogP contribution < -0.4 is 4.74 Å². The summed E-state index contributed by atoms with van der Waals surface area (Å²) in [4.78, 5) is 18.0. The fourth-order valence-corrected chi connectivity index (χ4v) is 3.46. The summed E-state index contributed by atoms with van der Waals surface area (Å²) in [7, 11) is 1.58. The zero-order chi connectivity index (χ0) is 21.5. The molecule has 0 saturated carbocycles. The van der Waals surface area contributed by atoms with Crippen molar-refractivity contribution in [3.8, 4) is 34.8 Å². The van der Waals surface area contributed by atoms with Gasteiger partial charge in [0.1, 0.15) is 0 Å². The third-order valence-electron chi connectivity index (χ3n) is 4.84. The molecule has 4 aromatic heterocycles. The van der Waals surface area contributed by atoms with Crippen LogP contribution in [-0.4, -0.2) is 42.0 Å². The monoisotopic (exact) mass is 413 g/mol. The molecule has 0 N–H and O–H groups in total. The minimum absolute atomic E-state index is 0.307. The number of hydrogen-bond donors (Lipinski definition) is 0. The molecule has 0 aliphatic heterocycles. The topological polar surface area (TPSA) is 105 Å². The highest BCUT2D eigenvalue weighted by Gasteiger charge is 2.19. The van der Waals surface area contributed by atoms with Gasteiger partial charge in [-0.3, -0.25) is 0 Å². The fraction of sp³-hybridized carbons (Fsp3) is 0.182. The molecule has 154 valence electrons. The fourth-order valence-electron chi connectivity index (χ4n) is 3.46. The molecule has 4 heterocycles. The molecule has 9 heteroatoms. The molecule has 0 unspecified atom stereocenters. The van der Waals surface area contributed by atoms with Gasteiger partial charge in [0.25, 0.3) is 11.8 Å². The van der Waals surface area contributed by atoms with Crippen molar-refractivity contribution in [1.82, 2.24) is 34.9 Å². The largest absolute Gasteiger partial charge is 0.481 e. The van der Waals surface area contributed by atoms with Gasteiger partial charge in [0.2, 0.25) is 11.7 Å². The van der Waals surface area contributed by atoms with Gasteiger partial charge in [-0.25, -0.2) is 19.6 Å². The Balaban J connectivity index is 1.58. The first-order valence-electron chi connectivity index (χ1n) is 9.69. The number of aromatic nitrogens is 7. The maximum Gasteiger partial charge on any atom is 0.278 e. The summed E-state index contributed by atoms with van der Waals surface area (Å²) in [6.45, 7) is 5.78. The van der Waals surface area contributed by atoms with Crippen molar-refractivity contribution in [2.24, 2.45) is 0 Å². The number of hydrogen-bond acceptors (Lipinski definition) is 8. The molecule has 0 aliphatic rings. The molecular weight excluding hydrogens is 394 g/mol. The number of ether oxygens (including phenoxy) is 1. The Hall–Kier alpha value is -4.14. The van der Waals surface area contributed by atoms with Crippen molar-refractivity contribution in [3.05, 3.63) is 59.5 Å². The molecule has 0 spiro atoms. The lowest BCUT2D eigenvalue weighted by molar-refractivity contribution is 0.399. The quantitative estimate of drug-likeness (QED) is 0.437.